The van der Waals surface area contributed by atoms with E-state index >= 15 is 0 Å². The van der Waals surface area contributed by atoms with Crippen LogP contribution >= 0.6 is 22.9 Å². The Bertz CT molecular complexity index is 1030. The molecule has 0 radical (unpaired) electrons. The first-order valence-corrected chi connectivity index (χ1v) is 7.87. The summed E-state index contributed by atoms with van der Waals surface area (Å²) < 4.78 is 28.0. The van der Waals surface area contributed by atoms with Crippen LogP contribution in [-0.4, -0.2) is 15.2 Å². The van der Waals surface area contributed by atoms with Gasteiger partial charge in [0.15, 0.2) is 5.65 Å². The molecule has 0 fully saturated rings. The largest absolute Gasteiger partial charge is 0.275 e. The minimum Gasteiger partial charge on any atom is -0.275 e. The van der Waals surface area contributed by atoms with Crippen LogP contribution in [0.2, 0.25) is 4.34 Å². The molecule has 7 heteroatoms. The summed E-state index contributed by atoms with van der Waals surface area (Å²) in [6.45, 7) is 0. The summed E-state index contributed by atoms with van der Waals surface area (Å²) in [4.78, 5) is 5.12. The summed E-state index contributed by atoms with van der Waals surface area (Å²) in [6.07, 6.45) is 1.64. The van der Waals surface area contributed by atoms with E-state index in [0.717, 1.165) is 16.5 Å². The van der Waals surface area contributed by atoms with Gasteiger partial charge in [-0.2, -0.15) is 5.10 Å². The quantitative estimate of drug-likeness (QED) is 0.535. The average molecular weight is 348 g/mol. The maximum absolute atomic E-state index is 14.2. The zero-order chi connectivity index (χ0) is 16.0. The Balaban J connectivity index is 2.02. The van der Waals surface area contributed by atoms with Crippen LogP contribution in [0.1, 0.15) is 0 Å². The lowest BCUT2D eigenvalue weighted by molar-refractivity contribution is 0.585. The zero-order valence-corrected chi connectivity index (χ0v) is 13.1. The van der Waals surface area contributed by atoms with Gasteiger partial charge in [0, 0.05) is 28.3 Å². The number of pyridine rings is 1. The highest BCUT2D eigenvalue weighted by Crippen LogP contribution is 2.38. The van der Waals surface area contributed by atoms with E-state index < -0.39 is 11.6 Å². The number of fused-ring (bicyclic) bond motifs is 1. The fraction of sp³-hybridized carbons (Fsp3) is 0. The molecule has 0 saturated carbocycles. The molecule has 4 rings (SSSR count). The maximum atomic E-state index is 14.2. The molecule has 0 bridgehead atoms. The van der Waals surface area contributed by atoms with Gasteiger partial charge in [0.1, 0.15) is 11.6 Å². The summed E-state index contributed by atoms with van der Waals surface area (Å²) >= 11 is 7.42. The number of hydrogen-bond acceptors (Lipinski definition) is 3. The Kier molecular flexibility index (Phi) is 3.36. The van der Waals surface area contributed by atoms with Gasteiger partial charge in [0.25, 0.3) is 0 Å². The predicted octanol–water partition coefficient (Wildman–Crippen LogP) is 5.29. The van der Waals surface area contributed by atoms with E-state index in [9.17, 15) is 8.78 Å². The second kappa shape index (κ2) is 5.40. The van der Waals surface area contributed by atoms with E-state index in [1.807, 2.05) is 12.1 Å². The maximum Gasteiger partial charge on any atom is 0.182 e. The number of nitrogens with one attached hydrogen (secondary N) is 1. The van der Waals surface area contributed by atoms with Gasteiger partial charge in [0.2, 0.25) is 0 Å². The van der Waals surface area contributed by atoms with Gasteiger partial charge in [0.05, 0.1) is 15.4 Å². The standard InChI is InChI=1S/C16H8ClF2N3S/c17-13-4-3-12(23-13)10-5-6-20-16-14(10)15(21-22-16)9-2-1-8(18)7-11(9)19/h1-7H,(H,20,21,22). The summed E-state index contributed by atoms with van der Waals surface area (Å²) in [7, 11) is 0. The van der Waals surface area contributed by atoms with Crippen molar-refractivity contribution >= 4 is 34.0 Å². The van der Waals surface area contributed by atoms with E-state index in [4.69, 9.17) is 11.6 Å². The topological polar surface area (TPSA) is 41.6 Å². The lowest BCUT2D eigenvalue weighted by atomic mass is 10.0. The van der Waals surface area contributed by atoms with Crippen LogP contribution in [-0.2, 0) is 0 Å². The fourth-order valence-corrected chi connectivity index (χ4v) is 3.57. The van der Waals surface area contributed by atoms with Crippen molar-refractivity contribution < 1.29 is 8.78 Å². The first-order chi connectivity index (χ1) is 11.1. The molecule has 0 aliphatic heterocycles. The predicted molar refractivity (Wildman–Crippen MR) is 87.6 cm³/mol. The number of aromatic amines is 1. The second-order valence-corrected chi connectivity index (χ2v) is 6.60. The first-order valence-electron chi connectivity index (χ1n) is 6.67. The van der Waals surface area contributed by atoms with Crippen LogP contribution in [0.15, 0.2) is 42.6 Å². The highest BCUT2D eigenvalue weighted by Gasteiger charge is 2.18. The number of halogens is 3. The lowest BCUT2D eigenvalue weighted by Crippen LogP contribution is -1.88. The Hall–Kier alpha value is -2.31. The number of nitrogens with zero attached hydrogens (tertiary/aromatic N) is 2. The number of rotatable bonds is 2. The molecule has 114 valence electrons. The highest BCUT2D eigenvalue weighted by atomic mass is 35.5. The molecule has 1 aromatic carbocycles. The molecular weight excluding hydrogens is 340 g/mol. The molecule has 0 aliphatic rings. The van der Waals surface area contributed by atoms with Crippen molar-refractivity contribution in [2.24, 2.45) is 0 Å². The Morgan fingerprint density at radius 2 is 1.91 bits per heavy atom. The second-order valence-electron chi connectivity index (χ2n) is 4.88. The van der Waals surface area contributed by atoms with Gasteiger partial charge < -0.3 is 0 Å². The van der Waals surface area contributed by atoms with Crippen LogP contribution in [0, 0.1) is 11.6 Å². The highest BCUT2D eigenvalue weighted by molar-refractivity contribution is 7.19. The normalized spacial score (nSPS) is 11.3. The molecule has 3 heterocycles. The molecule has 0 unspecified atom stereocenters. The molecule has 0 amide bonds. The third kappa shape index (κ3) is 2.40. The van der Waals surface area contributed by atoms with Crippen molar-refractivity contribution in [3.63, 3.8) is 0 Å². The number of thiophene rings is 1. The third-order valence-electron chi connectivity index (χ3n) is 3.49. The van der Waals surface area contributed by atoms with Gasteiger partial charge >= 0.3 is 0 Å². The fourth-order valence-electron chi connectivity index (χ4n) is 2.50. The van der Waals surface area contributed by atoms with Crippen molar-refractivity contribution in [3.05, 3.63) is 58.6 Å². The summed E-state index contributed by atoms with van der Waals surface area (Å²) in [5.41, 5.74) is 2.01. The minimum absolute atomic E-state index is 0.241. The molecule has 0 aliphatic carbocycles. The van der Waals surface area contributed by atoms with Gasteiger partial charge in [-0.15, -0.1) is 11.3 Å². The summed E-state index contributed by atoms with van der Waals surface area (Å²) in [5, 5.41) is 7.61. The average Bonchev–Trinajstić information content (AvgIpc) is 3.13. The SMILES string of the molecule is Fc1ccc(-c2[nH]nc3nccc(-c4ccc(Cl)s4)c23)c(F)c1. The number of hydrogen-bond donors (Lipinski definition) is 1. The zero-order valence-electron chi connectivity index (χ0n) is 11.5. The molecule has 0 spiro atoms. The van der Waals surface area contributed by atoms with Gasteiger partial charge in [-0.25, -0.2) is 13.8 Å². The van der Waals surface area contributed by atoms with E-state index in [1.54, 1.807) is 12.3 Å². The van der Waals surface area contributed by atoms with Gasteiger partial charge in [-0.1, -0.05) is 11.6 Å². The number of H-pyrrole nitrogens is 1. The van der Waals surface area contributed by atoms with Crippen molar-refractivity contribution in [2.75, 3.05) is 0 Å². The first kappa shape index (κ1) is 14.3. The van der Waals surface area contributed by atoms with Crippen molar-refractivity contribution in [1.82, 2.24) is 15.2 Å². The third-order valence-corrected chi connectivity index (χ3v) is 4.76. The Morgan fingerprint density at radius 3 is 2.65 bits per heavy atom. The van der Waals surface area contributed by atoms with Gasteiger partial charge in [-0.05, 0) is 30.3 Å². The Morgan fingerprint density at radius 1 is 1.04 bits per heavy atom. The summed E-state index contributed by atoms with van der Waals surface area (Å²) in [6, 6.07) is 8.95. The number of benzene rings is 1. The van der Waals surface area contributed by atoms with E-state index in [2.05, 4.69) is 15.2 Å². The Labute approximate surface area is 138 Å². The van der Waals surface area contributed by atoms with Crippen LogP contribution in [0.5, 0.6) is 0 Å². The minimum atomic E-state index is -0.658. The van der Waals surface area contributed by atoms with Gasteiger partial charge in [-0.3, -0.25) is 5.10 Å². The molecule has 23 heavy (non-hydrogen) atoms. The van der Waals surface area contributed by atoms with Crippen molar-refractivity contribution in [2.45, 2.75) is 0 Å². The van der Waals surface area contributed by atoms with E-state index in [0.29, 0.717) is 21.1 Å². The summed E-state index contributed by atoms with van der Waals surface area (Å²) in [5.74, 6) is -1.28. The monoisotopic (exact) mass is 347 g/mol. The molecular formula is C16H8ClF2N3S. The molecule has 3 aromatic heterocycles. The van der Waals surface area contributed by atoms with Crippen LogP contribution < -0.4 is 0 Å². The van der Waals surface area contributed by atoms with Crippen LogP contribution in [0.4, 0.5) is 8.78 Å². The van der Waals surface area contributed by atoms with Crippen molar-refractivity contribution in [1.29, 1.82) is 0 Å². The van der Waals surface area contributed by atoms with E-state index in [1.165, 1.54) is 23.5 Å². The lowest BCUT2D eigenvalue weighted by Gasteiger charge is -2.04. The van der Waals surface area contributed by atoms with Crippen LogP contribution in [0.3, 0.4) is 0 Å². The number of aromatic nitrogens is 3. The molecule has 0 saturated heterocycles. The van der Waals surface area contributed by atoms with E-state index in [-0.39, 0.29) is 5.56 Å². The smallest absolute Gasteiger partial charge is 0.182 e. The molecule has 0 atom stereocenters. The molecule has 1 N–H and O–H groups in total. The van der Waals surface area contributed by atoms with Crippen LogP contribution in [0.25, 0.3) is 32.7 Å². The molecule has 4 aromatic rings. The molecule has 3 nitrogen and oxygen atoms in total. The van der Waals surface area contributed by atoms with Crippen molar-refractivity contribution in [3.8, 4) is 21.7 Å².